The van der Waals surface area contributed by atoms with Crippen LogP contribution in [0.3, 0.4) is 0 Å². The van der Waals surface area contributed by atoms with Gasteiger partial charge in [-0.25, -0.2) is 8.78 Å². The van der Waals surface area contributed by atoms with Crippen LogP contribution < -0.4 is 5.32 Å². The molecule has 2 aromatic carbocycles. The monoisotopic (exact) mass is 385 g/mol. The van der Waals surface area contributed by atoms with Crippen LogP contribution in [-0.4, -0.2) is 29.9 Å². The number of alkyl halides is 1. The molecule has 3 aromatic rings. The van der Waals surface area contributed by atoms with Gasteiger partial charge in [0.2, 0.25) is 0 Å². The Morgan fingerprint density at radius 3 is 2.64 bits per heavy atom. The lowest BCUT2D eigenvalue weighted by molar-refractivity contribution is 0.0172. The predicted octanol–water partition coefficient (Wildman–Crippen LogP) is 4.57. The molecule has 0 amide bonds. The highest BCUT2D eigenvalue weighted by Gasteiger charge is 2.35. The Hall–Kier alpha value is -2.31. The summed E-state index contributed by atoms with van der Waals surface area (Å²) in [6.07, 6.45) is 3.34. The molecule has 0 bridgehead atoms. The Kier molecular flexibility index (Phi) is 5.42. The maximum atomic E-state index is 13.4. The number of hydrogen-bond acceptors (Lipinski definition) is 3. The zero-order valence-corrected chi connectivity index (χ0v) is 16.0. The van der Waals surface area contributed by atoms with Gasteiger partial charge in [0.1, 0.15) is 12.5 Å². The maximum absolute atomic E-state index is 13.4. The van der Waals surface area contributed by atoms with Crippen LogP contribution in [0, 0.1) is 5.82 Å². The number of nitrogens with one attached hydrogen (secondary N) is 2. The summed E-state index contributed by atoms with van der Waals surface area (Å²) in [5.41, 5.74) is 3.36. The Morgan fingerprint density at radius 2 is 1.93 bits per heavy atom. The van der Waals surface area contributed by atoms with Crippen molar-refractivity contribution in [2.24, 2.45) is 0 Å². The first-order valence-corrected chi connectivity index (χ1v) is 9.71. The Balaban J connectivity index is 1.59. The molecule has 6 heteroatoms. The Labute approximate surface area is 163 Å². The average Bonchev–Trinajstić information content (AvgIpc) is 3.21. The second kappa shape index (κ2) is 7.97. The van der Waals surface area contributed by atoms with Gasteiger partial charge >= 0.3 is 0 Å². The van der Waals surface area contributed by atoms with Crippen LogP contribution in [-0.2, 0) is 16.8 Å². The zero-order valence-electron chi connectivity index (χ0n) is 16.0. The molecule has 0 radical (unpaired) electrons. The fourth-order valence-electron chi connectivity index (χ4n) is 4.15. The molecule has 1 fully saturated rings. The molecule has 28 heavy (non-hydrogen) atoms. The minimum Gasteiger partial charge on any atom is -0.373 e. The smallest absolute Gasteiger partial charge is 0.123 e. The van der Waals surface area contributed by atoms with Crippen LogP contribution in [0.1, 0.15) is 42.6 Å². The molecule has 148 valence electrons. The molecule has 0 spiro atoms. The number of halogens is 2. The summed E-state index contributed by atoms with van der Waals surface area (Å²) < 4.78 is 33.0. The second-order valence-electron chi connectivity index (χ2n) is 7.64. The highest BCUT2D eigenvalue weighted by Crippen LogP contribution is 2.36. The van der Waals surface area contributed by atoms with Crippen molar-refractivity contribution < 1.29 is 13.5 Å². The summed E-state index contributed by atoms with van der Waals surface area (Å²) in [5.74, 6) is -0.230. The number of piperidine rings is 1. The number of ether oxygens (including phenoxy) is 1. The molecule has 1 aliphatic rings. The first kappa shape index (κ1) is 19.0. The third-order valence-electron chi connectivity index (χ3n) is 5.86. The Morgan fingerprint density at radius 1 is 1.18 bits per heavy atom. The average molecular weight is 385 g/mol. The number of rotatable bonds is 6. The van der Waals surface area contributed by atoms with Gasteiger partial charge in [0.05, 0.1) is 24.4 Å². The summed E-state index contributed by atoms with van der Waals surface area (Å²) >= 11 is 0. The molecule has 4 nitrogen and oxygen atoms in total. The van der Waals surface area contributed by atoms with E-state index in [1.807, 2.05) is 31.2 Å². The van der Waals surface area contributed by atoms with Gasteiger partial charge in [0, 0.05) is 16.4 Å². The van der Waals surface area contributed by atoms with Gasteiger partial charge in [-0.15, -0.1) is 0 Å². The molecular weight excluding hydrogens is 360 g/mol. The van der Waals surface area contributed by atoms with Crippen molar-refractivity contribution in [3.8, 4) is 0 Å². The quantitative estimate of drug-likeness (QED) is 0.653. The number of aromatic nitrogens is 2. The summed E-state index contributed by atoms with van der Waals surface area (Å²) in [5, 5.41) is 11.4. The first-order chi connectivity index (χ1) is 13.6. The topological polar surface area (TPSA) is 49.9 Å². The van der Waals surface area contributed by atoms with Crippen molar-refractivity contribution in [2.45, 2.75) is 38.0 Å². The molecule has 0 saturated carbocycles. The van der Waals surface area contributed by atoms with Crippen LogP contribution in [0.15, 0.2) is 42.6 Å². The maximum Gasteiger partial charge on any atom is 0.123 e. The highest BCUT2D eigenvalue weighted by molar-refractivity contribution is 5.82. The van der Waals surface area contributed by atoms with Gasteiger partial charge in [-0.05, 0) is 68.2 Å². The van der Waals surface area contributed by atoms with Crippen molar-refractivity contribution in [3.63, 3.8) is 0 Å². The lowest BCUT2D eigenvalue weighted by Crippen LogP contribution is -2.43. The summed E-state index contributed by atoms with van der Waals surface area (Å²) in [4.78, 5) is 0. The van der Waals surface area contributed by atoms with Gasteiger partial charge in [-0.2, -0.15) is 5.10 Å². The van der Waals surface area contributed by atoms with E-state index in [1.165, 1.54) is 12.1 Å². The van der Waals surface area contributed by atoms with Gasteiger partial charge < -0.3 is 10.1 Å². The van der Waals surface area contributed by atoms with Crippen LogP contribution in [0.25, 0.3) is 10.9 Å². The highest BCUT2D eigenvalue weighted by atomic mass is 19.1. The zero-order chi connectivity index (χ0) is 19.6. The van der Waals surface area contributed by atoms with E-state index in [1.54, 1.807) is 6.20 Å². The lowest BCUT2D eigenvalue weighted by Gasteiger charge is -2.38. The number of benzene rings is 2. The van der Waals surface area contributed by atoms with Crippen LogP contribution in [0.5, 0.6) is 0 Å². The third-order valence-corrected chi connectivity index (χ3v) is 5.86. The summed E-state index contributed by atoms with van der Waals surface area (Å²) in [6, 6.07) is 10.4. The van der Waals surface area contributed by atoms with Crippen LogP contribution in [0.4, 0.5) is 8.78 Å². The lowest BCUT2D eigenvalue weighted by atomic mass is 9.74. The van der Waals surface area contributed by atoms with E-state index in [4.69, 9.17) is 4.74 Å². The van der Waals surface area contributed by atoms with Gasteiger partial charge in [0.25, 0.3) is 0 Å². The molecule has 1 aliphatic heterocycles. The first-order valence-electron chi connectivity index (χ1n) is 9.71. The van der Waals surface area contributed by atoms with E-state index in [0.717, 1.165) is 48.0 Å². The van der Waals surface area contributed by atoms with E-state index < -0.39 is 6.67 Å². The van der Waals surface area contributed by atoms with Crippen molar-refractivity contribution in [2.75, 3.05) is 19.7 Å². The molecular formula is C22H25F2N3O. The Bertz CT molecular complexity index is 933. The van der Waals surface area contributed by atoms with Crippen molar-refractivity contribution in [1.82, 2.24) is 15.5 Å². The van der Waals surface area contributed by atoms with Crippen molar-refractivity contribution in [1.29, 1.82) is 0 Å². The normalized spacial score (nSPS) is 17.7. The standard InChI is InChI=1S/C22H25F2N3O/c1-15(20-11-16(12-23)10-17-13-26-27-21(17)20)28-14-22(6-8-25-9-7-22)18-2-4-19(24)5-3-18/h2-5,10-11,13,15,25H,6-9,12,14H2,1H3,(H,26,27). The fourth-order valence-corrected chi connectivity index (χ4v) is 4.15. The largest absolute Gasteiger partial charge is 0.373 e. The molecule has 4 rings (SSSR count). The minimum absolute atomic E-state index is 0.155. The predicted molar refractivity (Wildman–Crippen MR) is 105 cm³/mol. The van der Waals surface area contributed by atoms with Crippen molar-refractivity contribution >= 4 is 10.9 Å². The van der Waals surface area contributed by atoms with Crippen LogP contribution in [0.2, 0.25) is 0 Å². The number of fused-ring (bicyclic) bond motifs is 1. The number of nitrogens with zero attached hydrogens (tertiary/aromatic N) is 1. The van der Waals surface area contributed by atoms with E-state index in [-0.39, 0.29) is 17.3 Å². The molecule has 2 heterocycles. The summed E-state index contributed by atoms with van der Waals surface area (Å²) in [6.45, 7) is 3.79. The van der Waals surface area contributed by atoms with Gasteiger partial charge in [-0.3, -0.25) is 5.10 Å². The number of aromatic amines is 1. The van der Waals surface area contributed by atoms with Crippen LogP contribution >= 0.6 is 0 Å². The molecule has 0 aliphatic carbocycles. The van der Waals surface area contributed by atoms with E-state index in [0.29, 0.717) is 12.2 Å². The number of H-pyrrole nitrogens is 1. The van der Waals surface area contributed by atoms with Gasteiger partial charge in [-0.1, -0.05) is 12.1 Å². The van der Waals surface area contributed by atoms with E-state index in [9.17, 15) is 8.78 Å². The van der Waals surface area contributed by atoms with Gasteiger partial charge in [0.15, 0.2) is 0 Å². The third kappa shape index (κ3) is 3.66. The summed E-state index contributed by atoms with van der Waals surface area (Å²) in [7, 11) is 0. The minimum atomic E-state index is -0.522. The fraction of sp³-hybridized carbons (Fsp3) is 0.409. The molecule has 1 saturated heterocycles. The molecule has 1 aromatic heterocycles. The van der Waals surface area contributed by atoms with E-state index in [2.05, 4.69) is 15.5 Å². The molecule has 2 N–H and O–H groups in total. The molecule has 1 unspecified atom stereocenters. The second-order valence-corrected chi connectivity index (χ2v) is 7.64. The van der Waals surface area contributed by atoms with Crippen molar-refractivity contribution in [3.05, 3.63) is 65.1 Å². The SMILES string of the molecule is CC(OCC1(c2ccc(F)cc2)CCNCC1)c1cc(CF)cc2cn[nH]c12. The van der Waals surface area contributed by atoms with E-state index >= 15 is 0 Å². The number of hydrogen-bond donors (Lipinski definition) is 2. The molecule has 1 atom stereocenters.